The Hall–Kier alpha value is -2.31. The van der Waals surface area contributed by atoms with Crippen molar-refractivity contribution in [2.75, 3.05) is 0 Å². The molecule has 0 radical (unpaired) electrons. The fraction of sp³-hybridized carbons (Fsp3) is 0.182. The Labute approximate surface area is 173 Å². The minimum Gasteiger partial charge on any atom is -0.483 e. The zero-order valence-corrected chi connectivity index (χ0v) is 18.1. The van der Waals surface area contributed by atoms with Crippen molar-refractivity contribution in [2.45, 2.75) is 31.3 Å². The number of benzene rings is 3. The van der Waals surface area contributed by atoms with E-state index in [2.05, 4.69) is 15.9 Å². The maximum Gasteiger partial charge on any atom is 0.339 e. The lowest BCUT2D eigenvalue weighted by atomic mass is 9.97. The number of aryl methyl sites for hydroxylation is 1. The Kier molecular flexibility index (Phi) is 4.51. The van der Waals surface area contributed by atoms with Crippen molar-refractivity contribution in [3.8, 4) is 11.5 Å². The van der Waals surface area contributed by atoms with E-state index in [9.17, 15) is 8.42 Å². The SMILES string of the molecule is Cc1ccc(S(=O)(=O)Oc2cc3c4c(ccc3cc2Br)OC(C)(C)C=C4)cc1. The first kappa shape index (κ1) is 19.0. The molecule has 0 saturated carbocycles. The van der Waals surface area contributed by atoms with Crippen LogP contribution in [0.5, 0.6) is 11.5 Å². The summed E-state index contributed by atoms with van der Waals surface area (Å²) < 4.78 is 37.4. The molecule has 0 saturated heterocycles. The maximum atomic E-state index is 12.7. The molecule has 0 bridgehead atoms. The fourth-order valence-corrected chi connectivity index (χ4v) is 4.61. The maximum absolute atomic E-state index is 12.7. The van der Waals surface area contributed by atoms with Crippen LogP contribution in [-0.4, -0.2) is 14.0 Å². The summed E-state index contributed by atoms with van der Waals surface area (Å²) in [6.07, 6.45) is 3.99. The molecule has 0 fully saturated rings. The molecule has 0 spiro atoms. The first-order chi connectivity index (χ1) is 13.1. The van der Waals surface area contributed by atoms with E-state index in [0.717, 1.165) is 27.6 Å². The molecule has 3 aromatic rings. The normalized spacial score (nSPS) is 15.1. The second-order valence-electron chi connectivity index (χ2n) is 7.37. The van der Waals surface area contributed by atoms with Gasteiger partial charge in [-0.05, 0) is 83.9 Å². The second kappa shape index (κ2) is 6.64. The van der Waals surface area contributed by atoms with Gasteiger partial charge >= 0.3 is 10.1 Å². The summed E-state index contributed by atoms with van der Waals surface area (Å²) >= 11 is 3.43. The van der Waals surface area contributed by atoms with E-state index in [0.29, 0.717) is 4.47 Å². The van der Waals surface area contributed by atoms with Gasteiger partial charge in [0.2, 0.25) is 0 Å². The number of rotatable bonds is 3. The van der Waals surface area contributed by atoms with Crippen LogP contribution in [0.2, 0.25) is 0 Å². The quantitative estimate of drug-likeness (QED) is 0.461. The van der Waals surface area contributed by atoms with Crippen molar-refractivity contribution in [1.29, 1.82) is 0 Å². The first-order valence-corrected chi connectivity index (χ1v) is 11.0. The molecular formula is C22H19BrO4S. The van der Waals surface area contributed by atoms with E-state index in [1.54, 1.807) is 30.3 Å². The van der Waals surface area contributed by atoms with Crippen LogP contribution in [0.15, 0.2) is 64.0 Å². The van der Waals surface area contributed by atoms with Gasteiger partial charge < -0.3 is 8.92 Å². The van der Waals surface area contributed by atoms with Crippen LogP contribution in [0.25, 0.3) is 16.8 Å². The lowest BCUT2D eigenvalue weighted by Crippen LogP contribution is -2.27. The van der Waals surface area contributed by atoms with Gasteiger partial charge in [-0.2, -0.15) is 8.42 Å². The highest BCUT2D eigenvalue weighted by atomic mass is 79.9. The van der Waals surface area contributed by atoms with Gasteiger partial charge in [-0.3, -0.25) is 0 Å². The molecule has 6 heteroatoms. The highest BCUT2D eigenvalue weighted by molar-refractivity contribution is 9.10. The van der Waals surface area contributed by atoms with Crippen LogP contribution in [0.1, 0.15) is 25.0 Å². The van der Waals surface area contributed by atoms with Gasteiger partial charge in [0, 0.05) is 5.56 Å². The molecule has 4 rings (SSSR count). The molecular weight excluding hydrogens is 440 g/mol. The Morgan fingerprint density at radius 3 is 2.46 bits per heavy atom. The van der Waals surface area contributed by atoms with Gasteiger partial charge in [0.1, 0.15) is 16.2 Å². The summed E-state index contributed by atoms with van der Waals surface area (Å²) in [5.41, 5.74) is 1.50. The summed E-state index contributed by atoms with van der Waals surface area (Å²) in [4.78, 5) is 0.116. The van der Waals surface area contributed by atoms with E-state index in [-0.39, 0.29) is 16.2 Å². The van der Waals surface area contributed by atoms with Crippen LogP contribution >= 0.6 is 15.9 Å². The van der Waals surface area contributed by atoms with E-state index >= 15 is 0 Å². The molecule has 1 heterocycles. The highest BCUT2D eigenvalue weighted by Gasteiger charge is 2.24. The number of hydrogen-bond donors (Lipinski definition) is 0. The van der Waals surface area contributed by atoms with Crippen LogP contribution < -0.4 is 8.92 Å². The van der Waals surface area contributed by atoms with E-state index in [1.165, 1.54) is 0 Å². The summed E-state index contributed by atoms with van der Waals surface area (Å²) in [5, 5.41) is 1.82. The van der Waals surface area contributed by atoms with Crippen LogP contribution in [-0.2, 0) is 10.1 Å². The highest BCUT2D eigenvalue weighted by Crippen LogP contribution is 2.40. The van der Waals surface area contributed by atoms with Crippen molar-refractivity contribution in [3.05, 3.63) is 70.2 Å². The van der Waals surface area contributed by atoms with Crippen molar-refractivity contribution in [3.63, 3.8) is 0 Å². The van der Waals surface area contributed by atoms with Crippen molar-refractivity contribution >= 4 is 42.9 Å². The van der Waals surface area contributed by atoms with Gasteiger partial charge in [-0.15, -0.1) is 0 Å². The smallest absolute Gasteiger partial charge is 0.339 e. The molecule has 1 aliphatic heterocycles. The summed E-state index contributed by atoms with van der Waals surface area (Å²) in [6, 6.07) is 14.0. The second-order valence-corrected chi connectivity index (χ2v) is 9.77. The molecule has 0 N–H and O–H groups in total. The fourth-order valence-electron chi connectivity index (χ4n) is 3.13. The largest absolute Gasteiger partial charge is 0.483 e. The topological polar surface area (TPSA) is 52.6 Å². The minimum atomic E-state index is -3.94. The van der Waals surface area contributed by atoms with Crippen LogP contribution in [0, 0.1) is 6.92 Å². The molecule has 4 nitrogen and oxygen atoms in total. The molecule has 0 aliphatic carbocycles. The predicted octanol–water partition coefficient (Wildman–Crippen LogP) is 5.86. The molecule has 28 heavy (non-hydrogen) atoms. The molecule has 3 aromatic carbocycles. The molecule has 1 aliphatic rings. The van der Waals surface area contributed by atoms with Gasteiger partial charge in [-0.25, -0.2) is 0 Å². The lowest BCUT2D eigenvalue weighted by molar-refractivity contribution is 0.159. The third-order valence-electron chi connectivity index (χ3n) is 4.61. The van der Waals surface area contributed by atoms with E-state index in [4.69, 9.17) is 8.92 Å². The van der Waals surface area contributed by atoms with Gasteiger partial charge in [0.15, 0.2) is 5.75 Å². The minimum absolute atomic E-state index is 0.116. The summed E-state index contributed by atoms with van der Waals surface area (Å²) in [7, 11) is -3.94. The molecule has 0 atom stereocenters. The monoisotopic (exact) mass is 458 g/mol. The third-order valence-corrected chi connectivity index (χ3v) is 6.48. The lowest BCUT2D eigenvalue weighted by Gasteiger charge is -2.28. The van der Waals surface area contributed by atoms with Crippen molar-refractivity contribution in [2.24, 2.45) is 0 Å². The molecule has 0 unspecified atom stereocenters. The van der Waals surface area contributed by atoms with Crippen molar-refractivity contribution < 1.29 is 17.3 Å². The predicted molar refractivity (Wildman–Crippen MR) is 114 cm³/mol. The van der Waals surface area contributed by atoms with E-state index < -0.39 is 10.1 Å². The summed E-state index contributed by atoms with van der Waals surface area (Å²) in [6.45, 7) is 5.87. The van der Waals surface area contributed by atoms with Gasteiger partial charge in [0.05, 0.1) is 4.47 Å². The number of fused-ring (bicyclic) bond motifs is 3. The Morgan fingerprint density at radius 2 is 1.75 bits per heavy atom. The molecule has 144 valence electrons. The van der Waals surface area contributed by atoms with Gasteiger partial charge in [-0.1, -0.05) is 29.8 Å². The Bertz CT molecular complexity index is 1210. The number of ether oxygens (including phenoxy) is 1. The number of hydrogen-bond acceptors (Lipinski definition) is 4. The van der Waals surface area contributed by atoms with Crippen LogP contribution in [0.3, 0.4) is 0 Å². The average molecular weight is 459 g/mol. The summed E-state index contributed by atoms with van der Waals surface area (Å²) in [5.74, 6) is 0.995. The standard InChI is InChI=1S/C22H19BrO4S/c1-14-4-7-16(8-5-14)28(24,25)27-21-13-18-15(12-19(21)23)6-9-20-17(18)10-11-22(2,3)26-20/h4-13H,1-3H3. The van der Waals surface area contributed by atoms with E-state index in [1.807, 2.05) is 51.1 Å². The van der Waals surface area contributed by atoms with Crippen LogP contribution in [0.4, 0.5) is 0 Å². The zero-order chi connectivity index (χ0) is 20.1. The van der Waals surface area contributed by atoms with Crippen molar-refractivity contribution in [1.82, 2.24) is 0 Å². The zero-order valence-electron chi connectivity index (χ0n) is 15.7. The Morgan fingerprint density at radius 1 is 1.04 bits per heavy atom. The third kappa shape index (κ3) is 3.54. The molecule has 0 aromatic heterocycles. The number of halogens is 1. The Balaban J connectivity index is 1.80. The molecule has 0 amide bonds. The average Bonchev–Trinajstić information content (AvgIpc) is 2.61. The first-order valence-electron chi connectivity index (χ1n) is 8.80. The van der Waals surface area contributed by atoms with Gasteiger partial charge in [0.25, 0.3) is 0 Å².